The van der Waals surface area contributed by atoms with Gasteiger partial charge in [-0.2, -0.15) is 0 Å². The number of nitrogens with zero attached hydrogens (tertiary/aromatic N) is 4. The first kappa shape index (κ1) is 38.9. The maximum absolute atomic E-state index is 6.88. The van der Waals surface area contributed by atoms with Gasteiger partial charge in [-0.3, -0.25) is 4.57 Å². The standard InChI is InChI=1S/C55H54N4O/c1-53(2,3)41-25-26-56-52(34-41)59-50-22-16-15-21-48(50)49-24-23-46(36-51(49)59)60-47-30-39(38-17-11-9-12-18-38)29-44(35-47)57-27-28-58(37-57)45-32-42(54(4,5)6)31-43(33-45)55(7,8)40-19-13-10-14-20-40/h9-36H,37H2,1-8H3. The van der Waals surface area contributed by atoms with Crippen molar-refractivity contribution in [1.29, 1.82) is 0 Å². The maximum Gasteiger partial charge on any atom is 0.137 e. The third-order valence-corrected chi connectivity index (χ3v) is 12.1. The molecule has 0 saturated carbocycles. The fourth-order valence-corrected chi connectivity index (χ4v) is 8.36. The average Bonchev–Trinajstić information content (AvgIpc) is 3.87. The first-order chi connectivity index (χ1) is 28.7. The van der Waals surface area contributed by atoms with Crippen LogP contribution >= 0.6 is 0 Å². The van der Waals surface area contributed by atoms with Crippen LogP contribution in [0.15, 0.2) is 170 Å². The summed E-state index contributed by atoms with van der Waals surface area (Å²) < 4.78 is 9.14. The van der Waals surface area contributed by atoms with Crippen molar-refractivity contribution in [3.05, 3.63) is 193 Å². The Kier molecular flexibility index (Phi) is 9.66. The molecule has 1 aliphatic heterocycles. The fourth-order valence-electron chi connectivity index (χ4n) is 8.36. The molecule has 1 aliphatic rings. The van der Waals surface area contributed by atoms with Crippen LogP contribution in [0, 0.1) is 0 Å². The summed E-state index contributed by atoms with van der Waals surface area (Å²) in [6, 6.07) is 54.4. The van der Waals surface area contributed by atoms with Gasteiger partial charge >= 0.3 is 0 Å². The van der Waals surface area contributed by atoms with Crippen molar-refractivity contribution in [2.45, 2.75) is 71.6 Å². The van der Waals surface area contributed by atoms with E-state index in [2.05, 4.69) is 234 Å². The molecule has 0 fully saturated rings. The molecule has 300 valence electrons. The Morgan fingerprint density at radius 2 is 1.10 bits per heavy atom. The Balaban J connectivity index is 1.08. The van der Waals surface area contributed by atoms with E-state index >= 15 is 0 Å². The van der Waals surface area contributed by atoms with Crippen LogP contribution in [0.3, 0.4) is 0 Å². The van der Waals surface area contributed by atoms with E-state index < -0.39 is 0 Å². The molecule has 0 aliphatic carbocycles. The lowest BCUT2D eigenvalue weighted by Crippen LogP contribution is -2.26. The van der Waals surface area contributed by atoms with Gasteiger partial charge in [-0.15, -0.1) is 0 Å². The van der Waals surface area contributed by atoms with Gasteiger partial charge in [0.1, 0.15) is 17.3 Å². The monoisotopic (exact) mass is 786 g/mol. The van der Waals surface area contributed by atoms with E-state index in [9.17, 15) is 0 Å². The van der Waals surface area contributed by atoms with Gasteiger partial charge in [-0.25, -0.2) is 4.98 Å². The minimum absolute atomic E-state index is 0.00749. The molecule has 0 unspecified atom stereocenters. The number of para-hydroxylation sites is 1. The van der Waals surface area contributed by atoms with Crippen molar-refractivity contribution in [2.75, 3.05) is 16.5 Å². The molecule has 5 nitrogen and oxygen atoms in total. The van der Waals surface area contributed by atoms with Crippen molar-refractivity contribution in [2.24, 2.45) is 0 Å². The van der Waals surface area contributed by atoms with Gasteiger partial charge in [0.15, 0.2) is 0 Å². The predicted molar refractivity (Wildman–Crippen MR) is 252 cm³/mol. The summed E-state index contributed by atoms with van der Waals surface area (Å²) in [5.41, 5.74) is 11.6. The number of fused-ring (bicyclic) bond motifs is 3. The molecular weight excluding hydrogens is 733 g/mol. The molecule has 3 heterocycles. The number of hydrogen-bond donors (Lipinski definition) is 0. The summed E-state index contributed by atoms with van der Waals surface area (Å²) in [6.45, 7) is 18.9. The van der Waals surface area contributed by atoms with Crippen molar-refractivity contribution in [3.63, 3.8) is 0 Å². The normalized spacial score (nSPS) is 13.5. The second kappa shape index (κ2) is 14.9. The second-order valence-corrected chi connectivity index (χ2v) is 18.8. The van der Waals surface area contributed by atoms with Crippen molar-refractivity contribution in [1.82, 2.24) is 9.55 Å². The van der Waals surface area contributed by atoms with E-state index in [1.165, 1.54) is 33.3 Å². The number of benzene rings is 6. The highest BCUT2D eigenvalue weighted by Crippen LogP contribution is 2.41. The van der Waals surface area contributed by atoms with E-state index in [-0.39, 0.29) is 16.2 Å². The summed E-state index contributed by atoms with van der Waals surface area (Å²) in [5.74, 6) is 2.43. The molecule has 0 amide bonds. The molecule has 2 aromatic heterocycles. The van der Waals surface area contributed by atoms with Crippen LogP contribution < -0.4 is 14.5 Å². The zero-order valence-electron chi connectivity index (χ0n) is 36.1. The summed E-state index contributed by atoms with van der Waals surface area (Å²) >= 11 is 0. The van der Waals surface area contributed by atoms with Gasteiger partial charge in [0.2, 0.25) is 0 Å². The second-order valence-electron chi connectivity index (χ2n) is 18.8. The van der Waals surface area contributed by atoms with Gasteiger partial charge in [0, 0.05) is 58.3 Å². The zero-order valence-corrected chi connectivity index (χ0v) is 36.1. The molecule has 6 aromatic carbocycles. The highest BCUT2D eigenvalue weighted by Gasteiger charge is 2.28. The molecular formula is C55H54N4O. The number of rotatable bonds is 8. The van der Waals surface area contributed by atoms with Crippen LogP contribution in [0.2, 0.25) is 0 Å². The molecule has 0 spiro atoms. The number of hydrogen-bond acceptors (Lipinski definition) is 4. The smallest absolute Gasteiger partial charge is 0.137 e. The van der Waals surface area contributed by atoms with Gasteiger partial charge in [0.05, 0.1) is 17.7 Å². The zero-order chi connectivity index (χ0) is 41.8. The minimum Gasteiger partial charge on any atom is -0.457 e. The lowest BCUT2D eigenvalue weighted by Gasteiger charge is -2.31. The fraction of sp³-hybridized carbons (Fsp3) is 0.218. The molecule has 5 heteroatoms. The van der Waals surface area contributed by atoms with E-state index in [0.29, 0.717) is 6.67 Å². The van der Waals surface area contributed by atoms with E-state index in [1.54, 1.807) is 0 Å². The molecule has 0 bridgehead atoms. The molecule has 8 aromatic rings. The van der Waals surface area contributed by atoms with E-state index in [0.717, 1.165) is 50.6 Å². The number of anilines is 2. The Hall–Kier alpha value is -6.59. The predicted octanol–water partition coefficient (Wildman–Crippen LogP) is 14.3. The quantitative estimate of drug-likeness (QED) is 0.154. The molecule has 9 rings (SSSR count). The third-order valence-electron chi connectivity index (χ3n) is 12.1. The molecule has 0 atom stereocenters. The highest BCUT2D eigenvalue weighted by molar-refractivity contribution is 6.09. The molecule has 0 radical (unpaired) electrons. The van der Waals surface area contributed by atoms with Crippen LogP contribution in [0.25, 0.3) is 38.8 Å². The first-order valence-electron chi connectivity index (χ1n) is 21.0. The summed E-state index contributed by atoms with van der Waals surface area (Å²) in [7, 11) is 0. The Morgan fingerprint density at radius 3 is 1.82 bits per heavy atom. The first-order valence-corrected chi connectivity index (χ1v) is 21.0. The van der Waals surface area contributed by atoms with E-state index in [1.807, 2.05) is 6.20 Å². The van der Waals surface area contributed by atoms with Crippen molar-refractivity contribution in [3.8, 4) is 28.4 Å². The minimum atomic E-state index is -0.166. The Labute approximate surface area is 355 Å². The summed E-state index contributed by atoms with van der Waals surface area (Å²) in [6.07, 6.45) is 6.31. The van der Waals surface area contributed by atoms with Gasteiger partial charge in [-0.1, -0.05) is 140 Å². The number of ether oxygens (including phenoxy) is 1. The third kappa shape index (κ3) is 7.45. The molecule has 0 N–H and O–H groups in total. The Bertz CT molecular complexity index is 2870. The lowest BCUT2D eigenvalue weighted by atomic mass is 9.75. The summed E-state index contributed by atoms with van der Waals surface area (Å²) in [5, 5.41) is 2.34. The highest BCUT2D eigenvalue weighted by atomic mass is 16.5. The lowest BCUT2D eigenvalue weighted by molar-refractivity contribution is 0.483. The van der Waals surface area contributed by atoms with Crippen LogP contribution in [0.1, 0.15) is 77.6 Å². The van der Waals surface area contributed by atoms with Gasteiger partial charge < -0.3 is 14.5 Å². The van der Waals surface area contributed by atoms with Crippen molar-refractivity contribution >= 4 is 33.2 Å². The topological polar surface area (TPSA) is 33.5 Å². The Morgan fingerprint density at radius 1 is 0.467 bits per heavy atom. The van der Waals surface area contributed by atoms with Gasteiger partial charge in [0.25, 0.3) is 0 Å². The maximum atomic E-state index is 6.88. The average molecular weight is 787 g/mol. The SMILES string of the molecule is CC(C)(C)c1cc(N2C=CN(c3cc(Oc4ccc5c6ccccc6n(-c6cc(C(C)(C)C)ccn6)c5c4)cc(-c4ccccc4)c3)C2)cc(C(C)(C)c2ccccc2)c1. The van der Waals surface area contributed by atoms with E-state index in [4.69, 9.17) is 9.72 Å². The van der Waals surface area contributed by atoms with Crippen LogP contribution in [-0.2, 0) is 16.2 Å². The van der Waals surface area contributed by atoms with Gasteiger partial charge in [-0.05, 0) is 98.8 Å². The van der Waals surface area contributed by atoms with Crippen molar-refractivity contribution < 1.29 is 4.74 Å². The molecule has 60 heavy (non-hydrogen) atoms. The van der Waals surface area contributed by atoms with Crippen LogP contribution in [0.4, 0.5) is 11.4 Å². The number of aromatic nitrogens is 2. The summed E-state index contributed by atoms with van der Waals surface area (Å²) in [4.78, 5) is 9.55. The van der Waals surface area contributed by atoms with Crippen LogP contribution in [-0.4, -0.2) is 16.2 Å². The number of pyridine rings is 1. The van der Waals surface area contributed by atoms with Crippen LogP contribution in [0.5, 0.6) is 11.5 Å². The largest absolute Gasteiger partial charge is 0.457 e. The molecule has 0 saturated heterocycles.